The minimum Gasteiger partial charge on any atom is -0.479 e. The fraction of sp³-hybridized carbons (Fsp3) is 0.833. The second-order valence-electron chi connectivity index (χ2n) is 6.17. The van der Waals surface area contributed by atoms with Gasteiger partial charge in [-0.2, -0.15) is 0 Å². The topological polar surface area (TPSA) is 140 Å². The van der Waals surface area contributed by atoms with E-state index in [0.29, 0.717) is 0 Å². The third kappa shape index (κ3) is 1.44. The Morgan fingerprint density at radius 1 is 0.950 bits per heavy atom. The van der Waals surface area contributed by atoms with Gasteiger partial charge in [-0.15, -0.1) is 0 Å². The van der Waals surface area contributed by atoms with Crippen LogP contribution in [0.3, 0.4) is 0 Å². The highest BCUT2D eigenvalue weighted by Gasteiger charge is 2.93. The molecule has 0 radical (unpaired) electrons. The molecule has 0 aromatic heterocycles. The van der Waals surface area contributed by atoms with Gasteiger partial charge in [0.25, 0.3) is 0 Å². The van der Waals surface area contributed by atoms with Gasteiger partial charge in [0.1, 0.15) is 11.7 Å². The zero-order valence-electron chi connectivity index (χ0n) is 11.6. The van der Waals surface area contributed by atoms with Crippen LogP contribution in [0.25, 0.3) is 0 Å². The van der Waals surface area contributed by atoms with Gasteiger partial charge in [0.05, 0.1) is 5.60 Å². The monoisotopic (exact) mass is 290 g/mol. The van der Waals surface area contributed by atoms with Crippen molar-refractivity contribution >= 4 is 11.9 Å². The molecule has 4 N–H and O–H groups in total. The number of hydrogen-bond donors (Lipinski definition) is 4. The van der Waals surface area contributed by atoms with E-state index in [1.165, 1.54) is 27.7 Å². The molecule has 2 fully saturated rings. The number of carbonyl (C=O) groups is 2. The van der Waals surface area contributed by atoms with Crippen molar-refractivity contribution in [1.29, 1.82) is 0 Å². The predicted molar refractivity (Wildman–Crippen MR) is 63.1 cm³/mol. The van der Waals surface area contributed by atoms with Crippen molar-refractivity contribution in [2.45, 2.75) is 62.3 Å². The largest absolute Gasteiger partial charge is 0.479 e. The number of carboxylic acids is 2. The Kier molecular flexibility index (Phi) is 2.81. The van der Waals surface area contributed by atoms with Gasteiger partial charge in [-0.1, -0.05) is 0 Å². The quantitative estimate of drug-likeness (QED) is 0.471. The Hall–Kier alpha value is -1.22. The number of ether oxygens (including phenoxy) is 2. The first-order chi connectivity index (χ1) is 8.87. The van der Waals surface area contributed by atoms with E-state index in [1.807, 2.05) is 0 Å². The van der Waals surface area contributed by atoms with Crippen molar-refractivity contribution in [3.05, 3.63) is 0 Å². The highest BCUT2D eigenvalue weighted by Crippen LogP contribution is 2.69. The Bertz CT molecular complexity index is 484. The molecule has 0 amide bonds. The standard InChI is InChI=1S/C12H18O8/c1-9(2)11(19-9,6(14)5(13)7(15)16)12(8(17)18)10(3,4)20-12/h5-6,13-14H,1-4H3,(H,15,16)(H,17,18)/t5-,6-,11-,12+/m0/s1. The first-order valence-corrected chi connectivity index (χ1v) is 6.10. The van der Waals surface area contributed by atoms with Gasteiger partial charge in [-0.3, -0.25) is 0 Å². The fourth-order valence-corrected chi connectivity index (χ4v) is 3.20. The molecule has 8 nitrogen and oxygen atoms in total. The maximum Gasteiger partial charge on any atom is 0.342 e. The van der Waals surface area contributed by atoms with Crippen LogP contribution in [-0.4, -0.2) is 67.0 Å². The molecule has 20 heavy (non-hydrogen) atoms. The van der Waals surface area contributed by atoms with Crippen LogP contribution >= 0.6 is 0 Å². The van der Waals surface area contributed by atoms with Gasteiger partial charge < -0.3 is 29.9 Å². The van der Waals surface area contributed by atoms with Gasteiger partial charge in [-0.05, 0) is 27.7 Å². The Labute approximate surface area is 114 Å². The summed E-state index contributed by atoms with van der Waals surface area (Å²) in [5.74, 6) is -3.04. The van der Waals surface area contributed by atoms with Crippen LogP contribution in [0.2, 0.25) is 0 Å². The third-order valence-corrected chi connectivity index (χ3v) is 4.28. The Morgan fingerprint density at radius 2 is 1.35 bits per heavy atom. The SMILES string of the molecule is CC1(C)O[C@@]1(C(=O)O)[C@@]1([C@@H](O)[C@H](O)C(=O)O)OC1(C)C. The molecule has 2 rings (SSSR count). The summed E-state index contributed by atoms with van der Waals surface area (Å²) in [5, 5.41) is 38.0. The van der Waals surface area contributed by atoms with Crippen LogP contribution in [0.5, 0.6) is 0 Å². The van der Waals surface area contributed by atoms with E-state index in [4.69, 9.17) is 14.6 Å². The Balaban J connectivity index is 2.49. The van der Waals surface area contributed by atoms with E-state index in [9.17, 15) is 24.9 Å². The van der Waals surface area contributed by atoms with Crippen molar-refractivity contribution in [3.63, 3.8) is 0 Å². The van der Waals surface area contributed by atoms with Crippen molar-refractivity contribution < 1.29 is 39.5 Å². The number of carboxylic acid groups (broad SMARTS) is 2. The van der Waals surface area contributed by atoms with E-state index < -0.39 is 46.6 Å². The highest BCUT2D eigenvalue weighted by atomic mass is 16.7. The number of hydrogen-bond acceptors (Lipinski definition) is 6. The number of aliphatic hydroxyl groups excluding tert-OH is 2. The minimum absolute atomic E-state index is 1.14. The summed E-state index contributed by atoms with van der Waals surface area (Å²) >= 11 is 0. The first-order valence-electron chi connectivity index (χ1n) is 6.10. The molecule has 0 saturated carbocycles. The summed E-state index contributed by atoms with van der Waals surface area (Å²) in [5.41, 5.74) is -6.02. The van der Waals surface area contributed by atoms with Crippen LogP contribution in [0.4, 0.5) is 0 Å². The molecule has 2 aliphatic heterocycles. The fourth-order valence-electron chi connectivity index (χ4n) is 3.20. The van der Waals surface area contributed by atoms with E-state index in [1.54, 1.807) is 0 Å². The summed E-state index contributed by atoms with van der Waals surface area (Å²) in [7, 11) is 0. The Morgan fingerprint density at radius 3 is 1.55 bits per heavy atom. The van der Waals surface area contributed by atoms with Gasteiger partial charge >= 0.3 is 11.9 Å². The lowest BCUT2D eigenvalue weighted by atomic mass is 9.72. The van der Waals surface area contributed by atoms with Crippen molar-refractivity contribution in [2.75, 3.05) is 0 Å². The smallest absolute Gasteiger partial charge is 0.342 e. The van der Waals surface area contributed by atoms with Crippen LogP contribution in [-0.2, 0) is 19.1 Å². The van der Waals surface area contributed by atoms with E-state index in [2.05, 4.69) is 0 Å². The number of epoxide rings is 2. The number of aliphatic hydroxyl groups is 2. The molecule has 114 valence electrons. The van der Waals surface area contributed by atoms with Gasteiger partial charge in [0.15, 0.2) is 11.7 Å². The number of rotatable bonds is 5. The second-order valence-corrected chi connectivity index (χ2v) is 6.17. The molecule has 4 atom stereocenters. The van der Waals surface area contributed by atoms with Gasteiger partial charge in [0.2, 0.25) is 5.60 Å². The second kappa shape index (κ2) is 3.70. The minimum atomic E-state index is -2.17. The molecule has 0 spiro atoms. The normalized spacial score (nSPS) is 39.7. The molecule has 0 aliphatic carbocycles. The lowest BCUT2D eigenvalue weighted by Gasteiger charge is -2.28. The van der Waals surface area contributed by atoms with Crippen LogP contribution in [0, 0.1) is 0 Å². The summed E-state index contributed by atoms with van der Waals surface area (Å²) in [4.78, 5) is 22.5. The first kappa shape index (κ1) is 15.2. The average Bonchev–Trinajstić information content (AvgIpc) is 3.08. The molecule has 2 heterocycles. The molecular weight excluding hydrogens is 272 g/mol. The molecule has 0 aromatic rings. The molecule has 0 bridgehead atoms. The van der Waals surface area contributed by atoms with Crippen molar-refractivity contribution in [3.8, 4) is 0 Å². The lowest BCUT2D eigenvalue weighted by Crippen LogP contribution is -2.60. The van der Waals surface area contributed by atoms with E-state index >= 15 is 0 Å². The predicted octanol–water partition coefficient (Wildman–Crippen LogP) is -1.03. The van der Waals surface area contributed by atoms with E-state index in [-0.39, 0.29) is 0 Å². The molecule has 2 aliphatic rings. The summed E-state index contributed by atoms with van der Waals surface area (Å²) < 4.78 is 10.6. The van der Waals surface area contributed by atoms with Gasteiger partial charge in [-0.25, -0.2) is 9.59 Å². The molecule has 2 saturated heterocycles. The van der Waals surface area contributed by atoms with Crippen molar-refractivity contribution in [1.82, 2.24) is 0 Å². The summed E-state index contributed by atoms with van der Waals surface area (Å²) in [6.45, 7) is 6.02. The average molecular weight is 290 g/mol. The molecule has 0 unspecified atom stereocenters. The van der Waals surface area contributed by atoms with E-state index in [0.717, 1.165) is 0 Å². The maximum atomic E-state index is 11.6. The zero-order valence-corrected chi connectivity index (χ0v) is 11.6. The highest BCUT2D eigenvalue weighted by molar-refractivity contribution is 5.87. The van der Waals surface area contributed by atoms with Crippen LogP contribution < -0.4 is 0 Å². The zero-order chi connectivity index (χ0) is 15.7. The number of aliphatic carboxylic acids is 2. The molecular formula is C12H18O8. The lowest BCUT2D eigenvalue weighted by molar-refractivity contribution is -0.163. The molecule has 0 aromatic carbocycles. The van der Waals surface area contributed by atoms with Crippen LogP contribution in [0.1, 0.15) is 27.7 Å². The summed E-state index contributed by atoms with van der Waals surface area (Å²) in [6, 6.07) is 0. The van der Waals surface area contributed by atoms with Crippen LogP contribution in [0.15, 0.2) is 0 Å². The van der Waals surface area contributed by atoms with Crippen molar-refractivity contribution in [2.24, 2.45) is 0 Å². The summed E-state index contributed by atoms with van der Waals surface area (Å²) in [6.07, 6.45) is -4.11. The third-order valence-electron chi connectivity index (χ3n) is 4.28. The maximum absolute atomic E-state index is 11.6. The van der Waals surface area contributed by atoms with Gasteiger partial charge in [0, 0.05) is 0 Å². The molecule has 8 heteroatoms.